The predicted molar refractivity (Wildman–Crippen MR) is 155 cm³/mol. The molecule has 226 valence electrons. The van der Waals surface area contributed by atoms with Crippen molar-refractivity contribution in [3.05, 3.63) is 0 Å². The Morgan fingerprint density at radius 3 is 2.02 bits per heavy atom. The van der Waals surface area contributed by atoms with Gasteiger partial charge < -0.3 is 15.5 Å². The summed E-state index contributed by atoms with van der Waals surface area (Å²) in [5, 5.41) is 5.70. The Kier molecular flexibility index (Phi) is 11.8. The molecule has 8 nitrogen and oxygen atoms in total. The molecule has 8 heteroatoms. The van der Waals surface area contributed by atoms with Crippen molar-refractivity contribution in [2.75, 3.05) is 7.05 Å². The average Bonchev–Trinajstić information content (AvgIpc) is 3.31. The number of nitrogens with one attached hydrogen (secondary N) is 2. The number of ketones is 2. The second-order valence-electron chi connectivity index (χ2n) is 13.7. The maximum Gasteiger partial charge on any atom is 0.289 e. The van der Waals surface area contributed by atoms with Crippen LogP contribution in [0.3, 0.4) is 0 Å². The minimum Gasteiger partial charge on any atom is -0.347 e. The number of Topliss-reactive ketones (excluding diaryl/α,β-unsaturated/α-hetero) is 2. The van der Waals surface area contributed by atoms with Gasteiger partial charge in [-0.3, -0.25) is 24.0 Å². The summed E-state index contributed by atoms with van der Waals surface area (Å²) in [4.78, 5) is 67.8. The minimum atomic E-state index is -0.882. The number of carbonyl (C=O) groups excluding carboxylic acids is 5. The van der Waals surface area contributed by atoms with E-state index in [-0.39, 0.29) is 35.5 Å². The van der Waals surface area contributed by atoms with Crippen LogP contribution in [0.1, 0.15) is 124 Å². The lowest BCUT2D eigenvalue weighted by atomic mass is 9.81. The van der Waals surface area contributed by atoms with E-state index in [4.69, 9.17) is 0 Å². The van der Waals surface area contributed by atoms with Gasteiger partial charge in [-0.2, -0.15) is 0 Å². The normalized spacial score (nSPS) is 20.5. The van der Waals surface area contributed by atoms with Gasteiger partial charge in [-0.15, -0.1) is 0 Å². The quantitative estimate of drug-likeness (QED) is 0.282. The van der Waals surface area contributed by atoms with Crippen LogP contribution in [0, 0.1) is 23.2 Å². The monoisotopic (exact) mass is 559 g/mol. The Morgan fingerprint density at radius 1 is 0.875 bits per heavy atom. The minimum absolute atomic E-state index is 0.0635. The smallest absolute Gasteiger partial charge is 0.289 e. The van der Waals surface area contributed by atoms with Crippen molar-refractivity contribution in [3.63, 3.8) is 0 Å². The van der Waals surface area contributed by atoms with Crippen LogP contribution in [0.15, 0.2) is 0 Å². The Bertz CT molecular complexity index is 910. The Labute approximate surface area is 241 Å². The number of likely N-dealkylation sites (N-methyl/N-ethyl adjacent to an activating group) is 1. The fourth-order valence-electron chi connectivity index (χ4n) is 6.49. The first-order valence-electron chi connectivity index (χ1n) is 15.9. The zero-order valence-corrected chi connectivity index (χ0v) is 25.6. The van der Waals surface area contributed by atoms with E-state index in [9.17, 15) is 24.0 Å². The molecule has 0 heterocycles. The van der Waals surface area contributed by atoms with E-state index >= 15 is 0 Å². The van der Waals surface area contributed by atoms with Crippen molar-refractivity contribution in [3.8, 4) is 0 Å². The molecule has 2 N–H and O–H groups in total. The van der Waals surface area contributed by atoms with E-state index in [1.54, 1.807) is 11.9 Å². The van der Waals surface area contributed by atoms with Gasteiger partial charge in [0.2, 0.25) is 17.6 Å². The molecule has 0 aromatic heterocycles. The highest BCUT2D eigenvalue weighted by atomic mass is 16.2. The second kappa shape index (κ2) is 14.6. The summed E-state index contributed by atoms with van der Waals surface area (Å²) in [6, 6.07) is -1.55. The summed E-state index contributed by atoms with van der Waals surface area (Å²) in [5.74, 6) is -1.29. The number of hydrogen-bond acceptors (Lipinski definition) is 5. The van der Waals surface area contributed by atoms with Gasteiger partial charge in [-0.25, -0.2) is 0 Å². The first kappa shape index (κ1) is 32.3. The number of hydrogen-bond donors (Lipinski definition) is 2. The fraction of sp³-hybridized carbons (Fsp3) is 0.844. The third-order valence-corrected chi connectivity index (χ3v) is 9.30. The number of rotatable bonds is 15. The van der Waals surface area contributed by atoms with Crippen LogP contribution in [0.25, 0.3) is 0 Å². The van der Waals surface area contributed by atoms with Gasteiger partial charge in [-0.1, -0.05) is 72.6 Å². The van der Waals surface area contributed by atoms with Crippen molar-refractivity contribution in [2.24, 2.45) is 23.2 Å². The van der Waals surface area contributed by atoms with Crippen LogP contribution in [0.4, 0.5) is 0 Å². The zero-order valence-electron chi connectivity index (χ0n) is 25.6. The summed E-state index contributed by atoms with van der Waals surface area (Å²) in [6.45, 7) is 7.69. The maximum atomic E-state index is 14.0. The highest BCUT2D eigenvalue weighted by Gasteiger charge is 2.39. The standard InChI is InChI=1S/C32H53N3O5/c1-6-11-26(35(5)31(40)24(22-14-9-10-15-22)18-19-27(36)32(2,3)4)29(38)34-25(20-21-12-7-8-13-21)28(37)30(39)33-23-16-17-23/h21-26H,6-20H2,1-5H3,(H,33,39)(H,34,38)/t24-,25+,26+/m1/s1. The number of nitrogens with zero attached hydrogens (tertiary/aromatic N) is 1. The molecular weight excluding hydrogens is 506 g/mol. The summed E-state index contributed by atoms with van der Waals surface area (Å²) in [5.41, 5.74) is -0.452. The van der Waals surface area contributed by atoms with Gasteiger partial charge in [0.05, 0.1) is 6.04 Å². The van der Waals surface area contributed by atoms with Gasteiger partial charge in [0, 0.05) is 30.8 Å². The largest absolute Gasteiger partial charge is 0.347 e. The van der Waals surface area contributed by atoms with E-state index in [0.717, 1.165) is 64.2 Å². The molecular formula is C32H53N3O5. The van der Waals surface area contributed by atoms with E-state index < -0.39 is 29.2 Å². The molecule has 3 aliphatic carbocycles. The lowest BCUT2D eigenvalue weighted by Crippen LogP contribution is -2.55. The molecule has 3 aliphatic rings. The van der Waals surface area contributed by atoms with Crippen LogP contribution in [0.5, 0.6) is 0 Å². The fourth-order valence-corrected chi connectivity index (χ4v) is 6.49. The van der Waals surface area contributed by atoms with Crippen LogP contribution < -0.4 is 10.6 Å². The molecule has 3 saturated carbocycles. The Balaban J connectivity index is 1.74. The molecule has 0 aromatic rings. The summed E-state index contributed by atoms with van der Waals surface area (Å²) >= 11 is 0. The van der Waals surface area contributed by atoms with Crippen LogP contribution >= 0.6 is 0 Å². The first-order valence-corrected chi connectivity index (χ1v) is 15.9. The highest BCUT2D eigenvalue weighted by molar-refractivity contribution is 6.38. The van der Waals surface area contributed by atoms with Crippen molar-refractivity contribution in [2.45, 2.75) is 142 Å². The van der Waals surface area contributed by atoms with Gasteiger partial charge in [0.25, 0.3) is 5.91 Å². The van der Waals surface area contributed by atoms with E-state index in [1.165, 1.54) is 0 Å². The topological polar surface area (TPSA) is 113 Å². The summed E-state index contributed by atoms with van der Waals surface area (Å²) < 4.78 is 0. The lowest BCUT2D eigenvalue weighted by molar-refractivity contribution is -0.145. The molecule has 0 spiro atoms. The molecule has 3 fully saturated rings. The summed E-state index contributed by atoms with van der Waals surface area (Å²) in [7, 11) is 1.68. The van der Waals surface area contributed by atoms with Gasteiger partial charge >= 0.3 is 0 Å². The molecule has 0 aliphatic heterocycles. The van der Waals surface area contributed by atoms with E-state index in [2.05, 4.69) is 10.6 Å². The van der Waals surface area contributed by atoms with Gasteiger partial charge in [0.15, 0.2) is 0 Å². The van der Waals surface area contributed by atoms with Crippen LogP contribution in [0.2, 0.25) is 0 Å². The number of carbonyl (C=O) groups is 5. The molecule has 3 amide bonds. The second-order valence-corrected chi connectivity index (χ2v) is 13.7. The molecule has 0 unspecified atom stereocenters. The molecule has 3 rings (SSSR count). The Morgan fingerprint density at radius 2 is 1.48 bits per heavy atom. The highest BCUT2D eigenvalue weighted by Crippen LogP contribution is 2.36. The molecule has 0 aromatic carbocycles. The van der Waals surface area contributed by atoms with Gasteiger partial charge in [-0.05, 0) is 56.8 Å². The average molecular weight is 560 g/mol. The summed E-state index contributed by atoms with van der Waals surface area (Å²) in [6.07, 6.45) is 12.5. The third-order valence-electron chi connectivity index (χ3n) is 9.30. The maximum absolute atomic E-state index is 14.0. The number of amides is 3. The van der Waals surface area contributed by atoms with Crippen LogP contribution in [-0.2, 0) is 24.0 Å². The zero-order chi connectivity index (χ0) is 29.4. The Hall–Kier alpha value is -2.25. The van der Waals surface area contributed by atoms with Crippen molar-refractivity contribution in [1.82, 2.24) is 15.5 Å². The van der Waals surface area contributed by atoms with Crippen molar-refractivity contribution < 1.29 is 24.0 Å². The van der Waals surface area contributed by atoms with E-state index in [0.29, 0.717) is 38.0 Å². The SMILES string of the molecule is CCC[C@@H](C(=O)N[C@@H](CC1CCCC1)C(=O)C(=O)NC1CC1)N(C)C(=O)[C@H](CCC(=O)C(C)(C)C)C1CCCC1. The van der Waals surface area contributed by atoms with Gasteiger partial charge in [0.1, 0.15) is 11.8 Å². The van der Waals surface area contributed by atoms with Crippen molar-refractivity contribution >= 4 is 29.3 Å². The first-order chi connectivity index (χ1) is 18.9. The third kappa shape index (κ3) is 9.13. The molecule has 0 radical (unpaired) electrons. The molecule has 0 saturated heterocycles. The van der Waals surface area contributed by atoms with Crippen LogP contribution in [-0.4, -0.2) is 59.4 Å². The predicted octanol–water partition coefficient (Wildman–Crippen LogP) is 4.73. The lowest BCUT2D eigenvalue weighted by Gasteiger charge is -2.34. The van der Waals surface area contributed by atoms with E-state index in [1.807, 2.05) is 27.7 Å². The van der Waals surface area contributed by atoms with Crippen molar-refractivity contribution in [1.29, 1.82) is 0 Å². The molecule has 40 heavy (non-hydrogen) atoms. The molecule has 0 bridgehead atoms. The molecule has 3 atom stereocenters.